The molecule has 0 amide bonds. The van der Waals surface area contributed by atoms with Gasteiger partial charge in [0, 0.05) is 4.47 Å². The zero-order valence-corrected chi connectivity index (χ0v) is 11.2. The Bertz CT molecular complexity index is 363. The quantitative estimate of drug-likeness (QED) is 0.894. The molecule has 88 valence electrons. The molecule has 0 aliphatic carbocycles. The molecule has 3 heteroatoms. The molecule has 1 aromatic rings. The van der Waals surface area contributed by atoms with E-state index in [0.29, 0.717) is 6.42 Å². The average Bonchev–Trinajstić information content (AvgIpc) is 2.26. The van der Waals surface area contributed by atoms with Crippen molar-refractivity contribution in [3.8, 4) is 0 Å². The van der Waals surface area contributed by atoms with Crippen LogP contribution in [0.5, 0.6) is 0 Å². The molecule has 0 aromatic heterocycles. The van der Waals surface area contributed by atoms with Crippen molar-refractivity contribution in [1.29, 1.82) is 0 Å². The molecule has 0 aliphatic heterocycles. The Kier molecular flexibility index (Phi) is 5.00. The molecular formula is C13H17BrO2. The van der Waals surface area contributed by atoms with Gasteiger partial charge in [0.25, 0.3) is 0 Å². The minimum absolute atomic E-state index is 0.199. The van der Waals surface area contributed by atoms with E-state index in [4.69, 9.17) is 0 Å². The molecule has 1 rings (SSSR count). The van der Waals surface area contributed by atoms with Crippen LogP contribution in [0.4, 0.5) is 0 Å². The number of hydrogen-bond donors (Lipinski definition) is 1. The van der Waals surface area contributed by atoms with Crippen LogP contribution in [0.25, 0.3) is 0 Å². The lowest BCUT2D eigenvalue weighted by Crippen LogP contribution is -2.23. The van der Waals surface area contributed by atoms with Gasteiger partial charge in [0.05, 0.1) is 5.92 Å². The van der Waals surface area contributed by atoms with Crippen molar-refractivity contribution in [3.63, 3.8) is 0 Å². The molecule has 0 saturated heterocycles. The van der Waals surface area contributed by atoms with Crippen molar-refractivity contribution < 1.29 is 9.90 Å². The molecule has 0 aliphatic rings. The summed E-state index contributed by atoms with van der Waals surface area (Å²) in [5, 5.41) is 9.21. The highest BCUT2D eigenvalue weighted by Crippen LogP contribution is 2.25. The van der Waals surface area contributed by atoms with Gasteiger partial charge in [-0.2, -0.15) is 0 Å². The fourth-order valence-electron chi connectivity index (χ4n) is 1.72. The Hall–Kier alpha value is -0.830. The van der Waals surface area contributed by atoms with Crippen LogP contribution in [-0.2, 0) is 11.2 Å². The number of benzene rings is 1. The van der Waals surface area contributed by atoms with Gasteiger partial charge in [0.1, 0.15) is 0 Å². The van der Waals surface area contributed by atoms with Crippen LogP contribution < -0.4 is 0 Å². The molecule has 0 bridgehead atoms. The van der Waals surface area contributed by atoms with E-state index < -0.39 is 5.97 Å². The first kappa shape index (κ1) is 13.2. The Morgan fingerprint density at radius 3 is 2.56 bits per heavy atom. The number of rotatable bonds is 5. The molecule has 0 radical (unpaired) electrons. The Balaban J connectivity index is 2.84. The highest BCUT2D eigenvalue weighted by Gasteiger charge is 2.24. The summed E-state index contributed by atoms with van der Waals surface area (Å²) >= 11 is 3.45. The average molecular weight is 285 g/mol. The van der Waals surface area contributed by atoms with Gasteiger partial charge in [0.2, 0.25) is 0 Å². The van der Waals surface area contributed by atoms with Crippen molar-refractivity contribution in [2.45, 2.75) is 26.7 Å². The highest BCUT2D eigenvalue weighted by molar-refractivity contribution is 9.10. The first-order valence-corrected chi connectivity index (χ1v) is 6.31. The monoisotopic (exact) mass is 284 g/mol. The summed E-state index contributed by atoms with van der Waals surface area (Å²) in [4.78, 5) is 11.2. The molecular weight excluding hydrogens is 268 g/mol. The first-order valence-electron chi connectivity index (χ1n) is 5.52. The van der Waals surface area contributed by atoms with E-state index in [-0.39, 0.29) is 11.8 Å². The molecule has 2 nitrogen and oxygen atoms in total. The minimum Gasteiger partial charge on any atom is -0.481 e. The van der Waals surface area contributed by atoms with E-state index in [2.05, 4.69) is 15.9 Å². The molecule has 16 heavy (non-hydrogen) atoms. The van der Waals surface area contributed by atoms with Crippen LogP contribution in [-0.4, -0.2) is 11.1 Å². The predicted molar refractivity (Wildman–Crippen MR) is 68.4 cm³/mol. The number of carboxylic acids is 1. The van der Waals surface area contributed by atoms with Gasteiger partial charge in [-0.05, 0) is 24.0 Å². The number of halogens is 1. The van der Waals surface area contributed by atoms with Crippen molar-refractivity contribution in [2.24, 2.45) is 11.8 Å². The van der Waals surface area contributed by atoms with Gasteiger partial charge >= 0.3 is 5.97 Å². The normalized spacial score (nSPS) is 14.4. The fraction of sp³-hybridized carbons (Fsp3) is 0.462. The summed E-state index contributed by atoms with van der Waals surface area (Å²) in [6, 6.07) is 7.80. The number of aliphatic carboxylic acids is 1. The Morgan fingerprint density at radius 2 is 2.06 bits per heavy atom. The zero-order chi connectivity index (χ0) is 12.1. The topological polar surface area (TPSA) is 37.3 Å². The van der Waals surface area contributed by atoms with Crippen molar-refractivity contribution in [3.05, 3.63) is 34.3 Å². The SMILES string of the molecule is CCC(C)C(Cc1ccccc1Br)C(=O)O. The summed E-state index contributed by atoms with van der Waals surface area (Å²) in [7, 11) is 0. The maximum atomic E-state index is 11.2. The summed E-state index contributed by atoms with van der Waals surface area (Å²) in [6.45, 7) is 4.02. The van der Waals surface area contributed by atoms with E-state index >= 15 is 0 Å². The maximum absolute atomic E-state index is 11.2. The van der Waals surface area contributed by atoms with Crippen molar-refractivity contribution >= 4 is 21.9 Å². The molecule has 0 spiro atoms. The van der Waals surface area contributed by atoms with Gasteiger partial charge < -0.3 is 5.11 Å². The largest absolute Gasteiger partial charge is 0.481 e. The Morgan fingerprint density at radius 1 is 1.44 bits per heavy atom. The number of hydrogen-bond acceptors (Lipinski definition) is 1. The Labute approximate surface area is 105 Å². The minimum atomic E-state index is -0.704. The lowest BCUT2D eigenvalue weighted by atomic mass is 9.86. The van der Waals surface area contributed by atoms with E-state index in [0.717, 1.165) is 16.5 Å². The summed E-state index contributed by atoms with van der Waals surface area (Å²) in [6.07, 6.45) is 1.48. The number of carbonyl (C=O) groups is 1. The van der Waals surface area contributed by atoms with Gasteiger partial charge in [-0.15, -0.1) is 0 Å². The van der Waals surface area contributed by atoms with Gasteiger partial charge in [-0.25, -0.2) is 0 Å². The van der Waals surface area contributed by atoms with Crippen LogP contribution in [0.2, 0.25) is 0 Å². The van der Waals surface area contributed by atoms with E-state index in [9.17, 15) is 9.90 Å². The van der Waals surface area contributed by atoms with Crippen molar-refractivity contribution in [2.75, 3.05) is 0 Å². The summed E-state index contributed by atoms with van der Waals surface area (Å²) < 4.78 is 0.990. The third-order valence-corrected chi connectivity index (χ3v) is 3.82. The highest BCUT2D eigenvalue weighted by atomic mass is 79.9. The molecule has 0 heterocycles. The fourth-order valence-corrected chi connectivity index (χ4v) is 2.16. The molecule has 1 N–H and O–H groups in total. The lowest BCUT2D eigenvalue weighted by molar-refractivity contribution is -0.143. The molecule has 2 atom stereocenters. The van der Waals surface area contributed by atoms with E-state index in [1.807, 2.05) is 38.1 Å². The molecule has 0 saturated carbocycles. The molecule has 1 aromatic carbocycles. The standard InChI is InChI=1S/C13H17BrO2/c1-3-9(2)11(13(15)16)8-10-6-4-5-7-12(10)14/h4-7,9,11H,3,8H2,1-2H3,(H,15,16). The number of carboxylic acid groups (broad SMARTS) is 1. The van der Waals surface area contributed by atoms with Crippen LogP contribution in [0.3, 0.4) is 0 Å². The third kappa shape index (κ3) is 3.34. The smallest absolute Gasteiger partial charge is 0.307 e. The van der Waals surface area contributed by atoms with E-state index in [1.54, 1.807) is 0 Å². The van der Waals surface area contributed by atoms with Gasteiger partial charge in [0.15, 0.2) is 0 Å². The lowest BCUT2D eigenvalue weighted by Gasteiger charge is -2.19. The van der Waals surface area contributed by atoms with Gasteiger partial charge in [-0.3, -0.25) is 4.79 Å². The second kappa shape index (κ2) is 6.04. The molecule has 2 unspecified atom stereocenters. The van der Waals surface area contributed by atoms with Crippen LogP contribution in [0, 0.1) is 11.8 Å². The van der Waals surface area contributed by atoms with Crippen LogP contribution in [0.1, 0.15) is 25.8 Å². The van der Waals surface area contributed by atoms with Gasteiger partial charge in [-0.1, -0.05) is 54.4 Å². The van der Waals surface area contributed by atoms with Crippen LogP contribution >= 0.6 is 15.9 Å². The predicted octanol–water partition coefficient (Wildman–Crippen LogP) is 3.74. The first-order chi connectivity index (χ1) is 7.56. The zero-order valence-electron chi connectivity index (χ0n) is 9.61. The summed E-state index contributed by atoms with van der Waals surface area (Å²) in [5.41, 5.74) is 1.07. The van der Waals surface area contributed by atoms with Crippen molar-refractivity contribution in [1.82, 2.24) is 0 Å². The second-order valence-electron chi connectivity index (χ2n) is 4.13. The maximum Gasteiger partial charge on any atom is 0.307 e. The second-order valence-corrected chi connectivity index (χ2v) is 4.98. The van der Waals surface area contributed by atoms with Crippen LogP contribution in [0.15, 0.2) is 28.7 Å². The summed E-state index contributed by atoms with van der Waals surface area (Å²) in [5.74, 6) is -0.807. The van der Waals surface area contributed by atoms with E-state index in [1.165, 1.54) is 0 Å². The third-order valence-electron chi connectivity index (χ3n) is 3.05. The molecule has 0 fully saturated rings.